The Morgan fingerprint density at radius 1 is 1.27 bits per heavy atom. The second-order valence-corrected chi connectivity index (χ2v) is 6.73. The standard InChI is InChI=1S/C20H20ClNO4/c1-25-18-12-20(21,26-2)8-7-16(18)22-19(24)11-15-9-13-5-3-4-6-14(13)10-17(15)23/h3-10,23H,11-12H2,1-2H3,(H,22,24). The summed E-state index contributed by atoms with van der Waals surface area (Å²) in [6.07, 6.45) is 3.67. The molecule has 0 fully saturated rings. The second-order valence-electron chi connectivity index (χ2n) is 6.09. The number of methoxy groups -OCH3 is 2. The molecule has 2 N–H and O–H groups in total. The molecular formula is C20H20ClNO4. The minimum Gasteiger partial charge on any atom is -0.508 e. The van der Waals surface area contributed by atoms with Gasteiger partial charge in [0.15, 0.2) is 5.06 Å². The Morgan fingerprint density at radius 2 is 1.96 bits per heavy atom. The van der Waals surface area contributed by atoms with E-state index in [-0.39, 0.29) is 18.1 Å². The van der Waals surface area contributed by atoms with Crippen LogP contribution in [0, 0.1) is 0 Å². The van der Waals surface area contributed by atoms with E-state index in [9.17, 15) is 9.90 Å². The van der Waals surface area contributed by atoms with Crippen molar-refractivity contribution in [2.45, 2.75) is 17.9 Å². The Hall–Kier alpha value is -2.50. The number of rotatable bonds is 5. The lowest BCUT2D eigenvalue weighted by molar-refractivity contribution is -0.119. The molecule has 0 aliphatic heterocycles. The molecule has 1 atom stereocenters. The predicted molar refractivity (Wildman–Crippen MR) is 101 cm³/mol. The summed E-state index contributed by atoms with van der Waals surface area (Å²) in [5.74, 6) is 0.364. The Bertz CT molecular complexity index is 906. The molecule has 0 aromatic heterocycles. The Morgan fingerprint density at radius 3 is 2.62 bits per heavy atom. The lowest BCUT2D eigenvalue weighted by Gasteiger charge is -2.27. The van der Waals surface area contributed by atoms with Gasteiger partial charge in [-0.05, 0) is 35.1 Å². The Labute approximate surface area is 156 Å². The first-order valence-electron chi connectivity index (χ1n) is 8.15. The second kappa shape index (κ2) is 7.40. The van der Waals surface area contributed by atoms with Gasteiger partial charge >= 0.3 is 0 Å². The number of fused-ring (bicyclic) bond motifs is 1. The number of phenols is 1. The number of hydrogen-bond acceptors (Lipinski definition) is 4. The van der Waals surface area contributed by atoms with Crippen molar-refractivity contribution in [1.29, 1.82) is 0 Å². The van der Waals surface area contributed by atoms with E-state index in [0.717, 1.165) is 10.8 Å². The first kappa shape index (κ1) is 18.3. The summed E-state index contributed by atoms with van der Waals surface area (Å²) in [6, 6.07) is 11.2. The summed E-state index contributed by atoms with van der Waals surface area (Å²) in [7, 11) is 3.03. The van der Waals surface area contributed by atoms with Crippen molar-refractivity contribution in [2.75, 3.05) is 14.2 Å². The highest BCUT2D eigenvalue weighted by molar-refractivity contribution is 6.24. The minimum atomic E-state index is -0.976. The molecule has 3 rings (SSSR count). The van der Waals surface area contributed by atoms with Crippen LogP contribution in [-0.4, -0.2) is 30.3 Å². The van der Waals surface area contributed by atoms with Crippen LogP contribution < -0.4 is 5.32 Å². The summed E-state index contributed by atoms with van der Waals surface area (Å²) in [5, 5.41) is 13.9. The highest BCUT2D eigenvalue weighted by Gasteiger charge is 2.31. The summed E-state index contributed by atoms with van der Waals surface area (Å²) in [5.41, 5.74) is 1.09. The van der Waals surface area contributed by atoms with Crippen molar-refractivity contribution < 1.29 is 19.4 Å². The van der Waals surface area contributed by atoms with Crippen LogP contribution in [0.4, 0.5) is 0 Å². The molecule has 0 heterocycles. The first-order valence-corrected chi connectivity index (χ1v) is 8.53. The van der Waals surface area contributed by atoms with Crippen LogP contribution in [-0.2, 0) is 20.7 Å². The molecule has 2 aromatic rings. The number of ether oxygens (including phenoxy) is 2. The molecule has 26 heavy (non-hydrogen) atoms. The van der Waals surface area contributed by atoms with Crippen LogP contribution in [0.15, 0.2) is 60.0 Å². The highest BCUT2D eigenvalue weighted by Crippen LogP contribution is 2.33. The fourth-order valence-corrected chi connectivity index (χ4v) is 3.08. The van der Waals surface area contributed by atoms with E-state index in [1.165, 1.54) is 14.2 Å². The highest BCUT2D eigenvalue weighted by atomic mass is 35.5. The monoisotopic (exact) mass is 373 g/mol. The third kappa shape index (κ3) is 3.84. The molecule has 0 bridgehead atoms. The van der Waals surface area contributed by atoms with Crippen LogP contribution in [0.5, 0.6) is 5.75 Å². The molecule has 0 radical (unpaired) electrons. The van der Waals surface area contributed by atoms with E-state index in [0.29, 0.717) is 23.4 Å². The molecule has 0 saturated heterocycles. The maximum absolute atomic E-state index is 12.5. The van der Waals surface area contributed by atoms with Crippen molar-refractivity contribution >= 4 is 28.3 Å². The Kier molecular flexibility index (Phi) is 5.20. The summed E-state index contributed by atoms with van der Waals surface area (Å²) in [6.45, 7) is 0. The number of nitrogens with one attached hydrogen (secondary N) is 1. The van der Waals surface area contributed by atoms with Gasteiger partial charge in [-0.3, -0.25) is 4.79 Å². The van der Waals surface area contributed by atoms with Crippen molar-refractivity contribution in [2.24, 2.45) is 0 Å². The number of benzene rings is 2. The van der Waals surface area contributed by atoms with Crippen LogP contribution in [0.3, 0.4) is 0 Å². The fraction of sp³-hybridized carbons (Fsp3) is 0.250. The van der Waals surface area contributed by atoms with Gasteiger partial charge in [0.25, 0.3) is 0 Å². The molecule has 136 valence electrons. The van der Waals surface area contributed by atoms with Gasteiger partial charge in [0.05, 0.1) is 25.6 Å². The third-order valence-electron chi connectivity index (χ3n) is 4.36. The van der Waals surface area contributed by atoms with Gasteiger partial charge in [-0.25, -0.2) is 0 Å². The number of phenolic OH excluding ortho intramolecular Hbond substituents is 1. The summed E-state index contributed by atoms with van der Waals surface area (Å²) < 4.78 is 10.6. The van der Waals surface area contributed by atoms with E-state index in [1.807, 2.05) is 30.3 Å². The van der Waals surface area contributed by atoms with E-state index < -0.39 is 5.06 Å². The summed E-state index contributed by atoms with van der Waals surface area (Å²) in [4.78, 5) is 12.5. The normalized spacial score (nSPS) is 19.7. The van der Waals surface area contributed by atoms with Gasteiger partial charge in [0.1, 0.15) is 11.5 Å². The van der Waals surface area contributed by atoms with E-state index >= 15 is 0 Å². The van der Waals surface area contributed by atoms with Crippen LogP contribution >= 0.6 is 11.6 Å². The zero-order chi connectivity index (χ0) is 18.7. The third-order valence-corrected chi connectivity index (χ3v) is 4.77. The smallest absolute Gasteiger partial charge is 0.229 e. The summed E-state index contributed by atoms with van der Waals surface area (Å²) >= 11 is 6.27. The lowest BCUT2D eigenvalue weighted by Crippen LogP contribution is -2.31. The SMILES string of the molecule is COC1=C(NC(=O)Cc2cc3ccccc3cc2O)C=CC(Cl)(OC)C1. The molecule has 1 aliphatic carbocycles. The van der Waals surface area contributed by atoms with Gasteiger partial charge in [0, 0.05) is 12.7 Å². The molecule has 1 aliphatic rings. The fourth-order valence-electron chi connectivity index (χ4n) is 2.89. The van der Waals surface area contributed by atoms with E-state index in [1.54, 1.807) is 18.2 Å². The van der Waals surface area contributed by atoms with Gasteiger partial charge in [-0.15, -0.1) is 0 Å². The quantitative estimate of drug-likeness (QED) is 0.786. The number of halogens is 1. The van der Waals surface area contributed by atoms with Gasteiger partial charge in [0.2, 0.25) is 5.91 Å². The van der Waals surface area contributed by atoms with Crippen molar-refractivity contribution in [3.8, 4) is 5.75 Å². The lowest BCUT2D eigenvalue weighted by atomic mass is 10.0. The van der Waals surface area contributed by atoms with Crippen molar-refractivity contribution in [3.63, 3.8) is 0 Å². The van der Waals surface area contributed by atoms with Gasteiger partial charge < -0.3 is 19.9 Å². The molecule has 1 unspecified atom stereocenters. The maximum atomic E-state index is 12.5. The number of carbonyl (C=O) groups is 1. The van der Waals surface area contributed by atoms with Crippen molar-refractivity contribution in [1.82, 2.24) is 5.32 Å². The maximum Gasteiger partial charge on any atom is 0.229 e. The van der Waals surface area contributed by atoms with Crippen LogP contribution in [0.2, 0.25) is 0 Å². The first-order chi connectivity index (χ1) is 12.4. The molecular weight excluding hydrogens is 354 g/mol. The zero-order valence-corrected chi connectivity index (χ0v) is 15.3. The number of hydrogen-bond donors (Lipinski definition) is 2. The average Bonchev–Trinajstić information content (AvgIpc) is 2.64. The van der Waals surface area contributed by atoms with E-state index in [2.05, 4.69) is 5.32 Å². The average molecular weight is 374 g/mol. The molecule has 0 spiro atoms. The van der Waals surface area contributed by atoms with Gasteiger partial charge in [-0.2, -0.15) is 0 Å². The number of allylic oxidation sites excluding steroid dienone is 1. The predicted octanol–water partition coefficient (Wildman–Crippen LogP) is 3.60. The molecule has 2 aromatic carbocycles. The zero-order valence-electron chi connectivity index (χ0n) is 14.6. The largest absolute Gasteiger partial charge is 0.508 e. The number of alkyl halides is 1. The van der Waals surface area contributed by atoms with E-state index in [4.69, 9.17) is 21.1 Å². The number of carbonyl (C=O) groups excluding carboxylic acids is 1. The van der Waals surface area contributed by atoms with Crippen LogP contribution in [0.1, 0.15) is 12.0 Å². The van der Waals surface area contributed by atoms with Gasteiger partial charge in [-0.1, -0.05) is 35.9 Å². The Balaban J connectivity index is 1.77. The molecule has 1 amide bonds. The topological polar surface area (TPSA) is 67.8 Å². The minimum absolute atomic E-state index is 0.0430. The number of aromatic hydroxyl groups is 1. The van der Waals surface area contributed by atoms with Crippen LogP contribution in [0.25, 0.3) is 10.8 Å². The van der Waals surface area contributed by atoms with Crippen molar-refractivity contribution in [3.05, 3.63) is 65.6 Å². The molecule has 0 saturated carbocycles. The number of amides is 1. The molecule has 5 nitrogen and oxygen atoms in total. The molecule has 6 heteroatoms.